The molecule has 0 aliphatic carbocycles. The molecule has 0 saturated heterocycles. The van der Waals surface area contributed by atoms with E-state index in [1.807, 2.05) is 24.3 Å². The van der Waals surface area contributed by atoms with E-state index in [1.54, 1.807) is 17.5 Å². The van der Waals surface area contributed by atoms with Crippen LogP contribution in [0.5, 0.6) is 0 Å². The summed E-state index contributed by atoms with van der Waals surface area (Å²) >= 11 is 1.32. The Hall–Kier alpha value is -3.32. The van der Waals surface area contributed by atoms with Gasteiger partial charge < -0.3 is 5.32 Å². The summed E-state index contributed by atoms with van der Waals surface area (Å²) in [4.78, 5) is 27.8. The number of hydrogen-bond donors (Lipinski definition) is 1. The number of carbonyl (C=O) groups is 2. The van der Waals surface area contributed by atoms with Crippen LogP contribution in [0.1, 0.15) is 30.2 Å². The second-order valence-electron chi connectivity index (χ2n) is 7.17. The second kappa shape index (κ2) is 7.84. The molecule has 0 fully saturated rings. The topological polar surface area (TPSA) is 49.4 Å². The van der Waals surface area contributed by atoms with E-state index in [9.17, 15) is 18.4 Å². The number of nitrogens with one attached hydrogen (secondary N) is 1. The van der Waals surface area contributed by atoms with Crippen LogP contribution in [0.4, 0.5) is 20.2 Å². The van der Waals surface area contributed by atoms with E-state index in [2.05, 4.69) is 19.2 Å². The first-order valence-corrected chi connectivity index (χ1v) is 10.2. The SMILES string of the molecule is CC(C)c1ccc(NC2=C(c3cccs3)C(=O)N(c3ccc(F)c(F)c3)C2=O)cc1. The predicted octanol–water partition coefficient (Wildman–Crippen LogP) is 5.55. The maximum atomic E-state index is 13.8. The van der Waals surface area contributed by atoms with Gasteiger partial charge in [0.15, 0.2) is 11.6 Å². The molecule has 1 N–H and O–H groups in total. The van der Waals surface area contributed by atoms with Crippen molar-refractivity contribution in [2.45, 2.75) is 19.8 Å². The van der Waals surface area contributed by atoms with Crippen LogP contribution in [0.3, 0.4) is 0 Å². The molecule has 1 aliphatic heterocycles. The van der Waals surface area contributed by atoms with Crippen molar-refractivity contribution in [1.82, 2.24) is 0 Å². The number of halogens is 2. The van der Waals surface area contributed by atoms with Gasteiger partial charge in [-0.25, -0.2) is 13.7 Å². The van der Waals surface area contributed by atoms with Crippen molar-refractivity contribution >= 4 is 40.1 Å². The van der Waals surface area contributed by atoms with Crippen molar-refractivity contribution in [3.63, 3.8) is 0 Å². The standard InChI is InChI=1S/C23H18F2N2O2S/c1-13(2)14-5-7-15(8-6-14)26-21-20(19-4-3-11-30-19)22(28)27(23(21)29)16-9-10-17(24)18(25)12-16/h3-13,26H,1-2H3. The highest BCUT2D eigenvalue weighted by atomic mass is 32.1. The molecule has 3 aromatic rings. The monoisotopic (exact) mass is 424 g/mol. The quantitative estimate of drug-likeness (QED) is 0.547. The molecule has 152 valence electrons. The molecule has 4 nitrogen and oxygen atoms in total. The number of carbonyl (C=O) groups excluding carboxylic acids is 2. The Bertz CT molecular complexity index is 1150. The molecule has 7 heteroatoms. The zero-order chi connectivity index (χ0) is 21.4. The largest absolute Gasteiger partial charge is 0.350 e. The van der Waals surface area contributed by atoms with Gasteiger partial charge in [-0.05, 0) is 47.2 Å². The Labute approximate surface area is 176 Å². The molecule has 0 atom stereocenters. The minimum absolute atomic E-state index is 0.0232. The van der Waals surface area contributed by atoms with Gasteiger partial charge in [-0.15, -0.1) is 11.3 Å². The van der Waals surface area contributed by atoms with Crippen LogP contribution < -0.4 is 10.2 Å². The van der Waals surface area contributed by atoms with Gasteiger partial charge >= 0.3 is 0 Å². The molecule has 2 aromatic carbocycles. The van der Waals surface area contributed by atoms with Crippen LogP contribution >= 0.6 is 11.3 Å². The molecule has 1 aromatic heterocycles. The maximum Gasteiger partial charge on any atom is 0.282 e. The van der Waals surface area contributed by atoms with E-state index in [1.165, 1.54) is 17.4 Å². The van der Waals surface area contributed by atoms with Crippen molar-refractivity contribution in [3.8, 4) is 0 Å². The molecule has 4 rings (SSSR count). The second-order valence-corrected chi connectivity index (χ2v) is 8.12. The van der Waals surface area contributed by atoms with Gasteiger partial charge in [0.2, 0.25) is 0 Å². The molecule has 0 unspecified atom stereocenters. The van der Waals surface area contributed by atoms with E-state index in [0.29, 0.717) is 16.5 Å². The van der Waals surface area contributed by atoms with Gasteiger partial charge in [-0.2, -0.15) is 0 Å². The first-order chi connectivity index (χ1) is 14.4. The van der Waals surface area contributed by atoms with Crippen LogP contribution in [0, 0.1) is 11.6 Å². The van der Waals surface area contributed by atoms with Gasteiger partial charge in [0.25, 0.3) is 11.8 Å². The zero-order valence-electron chi connectivity index (χ0n) is 16.3. The normalized spacial score (nSPS) is 14.2. The molecule has 2 amide bonds. The Kier molecular flexibility index (Phi) is 5.22. The number of thiophene rings is 1. The lowest BCUT2D eigenvalue weighted by atomic mass is 10.0. The van der Waals surface area contributed by atoms with Gasteiger partial charge in [-0.3, -0.25) is 9.59 Å². The van der Waals surface area contributed by atoms with E-state index in [4.69, 9.17) is 0 Å². The first-order valence-electron chi connectivity index (χ1n) is 9.35. The summed E-state index contributed by atoms with van der Waals surface area (Å²) in [5, 5.41) is 4.86. The molecular weight excluding hydrogens is 406 g/mol. The van der Waals surface area contributed by atoms with E-state index in [-0.39, 0.29) is 17.0 Å². The van der Waals surface area contributed by atoms with Crippen LogP contribution in [-0.2, 0) is 9.59 Å². The highest BCUT2D eigenvalue weighted by Crippen LogP contribution is 2.36. The Morgan fingerprint density at radius 2 is 1.67 bits per heavy atom. The third-order valence-electron chi connectivity index (χ3n) is 4.86. The molecule has 0 spiro atoms. The van der Waals surface area contributed by atoms with Gasteiger partial charge in [0.1, 0.15) is 5.70 Å². The lowest BCUT2D eigenvalue weighted by molar-refractivity contribution is -0.120. The van der Waals surface area contributed by atoms with Crippen molar-refractivity contribution in [3.05, 3.63) is 87.7 Å². The van der Waals surface area contributed by atoms with Crippen molar-refractivity contribution < 1.29 is 18.4 Å². The summed E-state index contributed by atoms with van der Waals surface area (Å²) in [5.41, 5.74) is 2.07. The molecular formula is C23H18F2N2O2S. The predicted molar refractivity (Wildman–Crippen MR) is 114 cm³/mol. The zero-order valence-corrected chi connectivity index (χ0v) is 17.1. The van der Waals surface area contributed by atoms with Gasteiger partial charge in [-0.1, -0.05) is 32.0 Å². The highest BCUT2D eigenvalue weighted by molar-refractivity contribution is 7.11. The number of benzene rings is 2. The molecule has 30 heavy (non-hydrogen) atoms. The summed E-state index contributed by atoms with van der Waals surface area (Å²) in [6, 6.07) is 14.0. The fourth-order valence-corrected chi connectivity index (χ4v) is 4.02. The summed E-state index contributed by atoms with van der Waals surface area (Å²) in [6.07, 6.45) is 0. The van der Waals surface area contributed by atoms with Crippen LogP contribution in [0.15, 0.2) is 65.7 Å². The number of imide groups is 1. The number of nitrogens with zero attached hydrogens (tertiary/aromatic N) is 1. The summed E-state index contributed by atoms with van der Waals surface area (Å²) in [7, 11) is 0. The van der Waals surface area contributed by atoms with Gasteiger partial charge in [0, 0.05) is 16.6 Å². The molecule has 0 bridgehead atoms. The van der Waals surface area contributed by atoms with Crippen molar-refractivity contribution in [2.75, 3.05) is 10.2 Å². The third-order valence-corrected chi connectivity index (χ3v) is 5.75. The van der Waals surface area contributed by atoms with Crippen LogP contribution in [0.25, 0.3) is 5.57 Å². The lowest BCUT2D eigenvalue weighted by Gasteiger charge is -2.15. The number of hydrogen-bond acceptors (Lipinski definition) is 4. The average molecular weight is 424 g/mol. The van der Waals surface area contributed by atoms with E-state index in [0.717, 1.165) is 22.6 Å². The summed E-state index contributed by atoms with van der Waals surface area (Å²) in [6.45, 7) is 4.16. The number of amides is 2. The molecule has 0 saturated carbocycles. The first kappa shape index (κ1) is 20.0. The maximum absolute atomic E-state index is 13.8. The number of rotatable bonds is 5. The van der Waals surface area contributed by atoms with Crippen LogP contribution in [0.2, 0.25) is 0 Å². The molecule has 0 radical (unpaired) electrons. The Balaban J connectivity index is 1.75. The van der Waals surface area contributed by atoms with E-state index < -0.39 is 23.4 Å². The van der Waals surface area contributed by atoms with Crippen LogP contribution in [-0.4, -0.2) is 11.8 Å². The van der Waals surface area contributed by atoms with Crippen molar-refractivity contribution in [2.24, 2.45) is 0 Å². The minimum Gasteiger partial charge on any atom is -0.350 e. The summed E-state index contributed by atoms with van der Waals surface area (Å²) in [5.74, 6) is -3.03. The fourth-order valence-electron chi connectivity index (χ4n) is 3.25. The smallest absolute Gasteiger partial charge is 0.282 e. The van der Waals surface area contributed by atoms with Gasteiger partial charge in [0.05, 0.1) is 11.3 Å². The van der Waals surface area contributed by atoms with Crippen molar-refractivity contribution in [1.29, 1.82) is 0 Å². The number of anilines is 2. The summed E-state index contributed by atoms with van der Waals surface area (Å²) < 4.78 is 27.1. The Morgan fingerprint density at radius 3 is 2.27 bits per heavy atom. The highest BCUT2D eigenvalue weighted by Gasteiger charge is 2.41. The lowest BCUT2D eigenvalue weighted by Crippen LogP contribution is -2.32. The molecule has 1 aliphatic rings. The molecule has 2 heterocycles. The minimum atomic E-state index is -1.13. The fraction of sp³-hybridized carbons (Fsp3) is 0.130. The average Bonchev–Trinajstić information content (AvgIpc) is 3.32. The Morgan fingerprint density at radius 1 is 0.933 bits per heavy atom. The third kappa shape index (κ3) is 3.52. The van der Waals surface area contributed by atoms with E-state index >= 15 is 0 Å².